The highest BCUT2D eigenvalue weighted by molar-refractivity contribution is 6.31. The lowest BCUT2D eigenvalue weighted by Gasteiger charge is -2.35. The molecule has 132 valence electrons. The van der Waals surface area contributed by atoms with Gasteiger partial charge in [0, 0.05) is 17.8 Å². The lowest BCUT2D eigenvalue weighted by atomic mass is 10.1. The van der Waals surface area contributed by atoms with Crippen LogP contribution in [0.4, 0.5) is 11.4 Å². The van der Waals surface area contributed by atoms with Crippen LogP contribution in [0.5, 0.6) is 11.5 Å². The first-order chi connectivity index (χ1) is 12.1. The van der Waals surface area contributed by atoms with Crippen LogP contribution in [-0.4, -0.2) is 32.2 Å². The van der Waals surface area contributed by atoms with E-state index in [-0.39, 0.29) is 11.9 Å². The quantitative estimate of drug-likeness (QED) is 0.876. The Morgan fingerprint density at radius 2 is 2.08 bits per heavy atom. The van der Waals surface area contributed by atoms with Crippen LogP contribution in [0.1, 0.15) is 13.3 Å². The number of amides is 1. The Kier molecular flexibility index (Phi) is 5.34. The maximum atomic E-state index is 12.4. The number of hydrogen-bond donors (Lipinski definition) is 1. The van der Waals surface area contributed by atoms with E-state index in [1.54, 1.807) is 6.07 Å². The first-order valence-corrected chi connectivity index (χ1v) is 8.62. The summed E-state index contributed by atoms with van der Waals surface area (Å²) in [6.45, 7) is 3.01. The van der Waals surface area contributed by atoms with Gasteiger partial charge in [0.05, 0.1) is 24.8 Å². The second-order valence-electron chi connectivity index (χ2n) is 5.90. The highest BCUT2D eigenvalue weighted by Gasteiger charge is 2.27. The van der Waals surface area contributed by atoms with E-state index in [0.717, 1.165) is 22.9 Å². The molecule has 0 spiro atoms. The number of nitrogens with zero attached hydrogens (tertiary/aromatic N) is 1. The maximum Gasteiger partial charge on any atom is 0.226 e. The minimum Gasteiger partial charge on any atom is -0.494 e. The molecule has 0 fully saturated rings. The highest BCUT2D eigenvalue weighted by atomic mass is 35.5. The van der Waals surface area contributed by atoms with Crippen molar-refractivity contribution in [3.63, 3.8) is 0 Å². The van der Waals surface area contributed by atoms with E-state index in [1.807, 2.05) is 55.3 Å². The second kappa shape index (κ2) is 7.66. The summed E-state index contributed by atoms with van der Waals surface area (Å²) in [6, 6.07) is 12.8. The Bertz CT molecular complexity index is 749. The number of nitrogens with one attached hydrogen (secondary N) is 1. The van der Waals surface area contributed by atoms with E-state index in [1.165, 1.54) is 0 Å². The van der Waals surface area contributed by atoms with Gasteiger partial charge in [0.15, 0.2) is 0 Å². The molecule has 3 rings (SSSR count). The molecule has 1 aliphatic heterocycles. The SMILES string of the molecule is CCOc1ccc(NC(=O)C[C@@H]2COc3ccc(Cl)cc3N2C)cc1. The molecule has 1 N–H and O–H groups in total. The van der Waals surface area contributed by atoms with E-state index < -0.39 is 0 Å². The molecule has 2 aromatic carbocycles. The summed E-state index contributed by atoms with van der Waals surface area (Å²) in [5.74, 6) is 1.51. The molecule has 1 aliphatic rings. The van der Waals surface area contributed by atoms with Gasteiger partial charge < -0.3 is 19.7 Å². The summed E-state index contributed by atoms with van der Waals surface area (Å²) in [6.07, 6.45) is 0.329. The predicted molar refractivity (Wildman–Crippen MR) is 100.0 cm³/mol. The molecule has 5 nitrogen and oxygen atoms in total. The normalized spacial score (nSPS) is 16.0. The molecule has 0 bridgehead atoms. The van der Waals surface area contributed by atoms with Gasteiger partial charge in [-0.25, -0.2) is 0 Å². The number of ether oxygens (including phenoxy) is 2. The van der Waals surface area contributed by atoms with Crippen LogP contribution in [0, 0.1) is 0 Å². The molecule has 1 heterocycles. The van der Waals surface area contributed by atoms with Crippen LogP contribution < -0.4 is 19.7 Å². The number of rotatable bonds is 5. The number of likely N-dealkylation sites (N-methyl/N-ethyl adjacent to an activating group) is 1. The van der Waals surface area contributed by atoms with E-state index >= 15 is 0 Å². The lowest BCUT2D eigenvalue weighted by molar-refractivity contribution is -0.116. The van der Waals surface area contributed by atoms with E-state index in [2.05, 4.69) is 5.32 Å². The summed E-state index contributed by atoms with van der Waals surface area (Å²) in [5.41, 5.74) is 1.65. The number of carbonyl (C=O) groups is 1. The van der Waals surface area contributed by atoms with E-state index in [0.29, 0.717) is 24.7 Å². The zero-order valence-electron chi connectivity index (χ0n) is 14.3. The van der Waals surface area contributed by atoms with Crippen molar-refractivity contribution in [1.82, 2.24) is 0 Å². The molecule has 0 radical (unpaired) electrons. The van der Waals surface area contributed by atoms with Gasteiger partial charge in [-0.3, -0.25) is 4.79 Å². The Balaban J connectivity index is 1.61. The molecule has 0 aliphatic carbocycles. The third-order valence-electron chi connectivity index (χ3n) is 4.15. The zero-order valence-corrected chi connectivity index (χ0v) is 15.0. The van der Waals surface area contributed by atoms with Crippen molar-refractivity contribution in [3.8, 4) is 11.5 Å². The Labute approximate surface area is 152 Å². The average Bonchev–Trinajstić information content (AvgIpc) is 2.60. The third kappa shape index (κ3) is 4.17. The van der Waals surface area contributed by atoms with Crippen LogP contribution in [0.25, 0.3) is 0 Å². The molecule has 1 atom stereocenters. The van der Waals surface area contributed by atoms with E-state index in [9.17, 15) is 4.79 Å². The van der Waals surface area contributed by atoms with Crippen LogP contribution in [-0.2, 0) is 4.79 Å². The molecule has 0 unspecified atom stereocenters. The highest BCUT2D eigenvalue weighted by Crippen LogP contribution is 2.35. The molecular weight excluding hydrogens is 340 g/mol. The predicted octanol–water partition coefficient (Wildman–Crippen LogP) is 3.96. The molecule has 25 heavy (non-hydrogen) atoms. The average molecular weight is 361 g/mol. The van der Waals surface area contributed by atoms with E-state index in [4.69, 9.17) is 21.1 Å². The van der Waals surface area contributed by atoms with Gasteiger partial charge in [0.1, 0.15) is 18.1 Å². The monoisotopic (exact) mass is 360 g/mol. The van der Waals surface area contributed by atoms with Crippen LogP contribution >= 0.6 is 11.6 Å². The summed E-state index contributed by atoms with van der Waals surface area (Å²) in [5, 5.41) is 3.56. The third-order valence-corrected chi connectivity index (χ3v) is 4.39. The zero-order chi connectivity index (χ0) is 17.8. The summed E-state index contributed by atoms with van der Waals surface area (Å²) in [7, 11) is 1.95. The minimum absolute atomic E-state index is 0.0475. The summed E-state index contributed by atoms with van der Waals surface area (Å²) >= 11 is 6.07. The second-order valence-corrected chi connectivity index (χ2v) is 6.33. The number of carbonyl (C=O) groups excluding carboxylic acids is 1. The number of anilines is 2. The van der Waals surface area contributed by atoms with Crippen LogP contribution in [0.2, 0.25) is 5.02 Å². The van der Waals surface area contributed by atoms with Crippen molar-refractivity contribution in [2.45, 2.75) is 19.4 Å². The maximum absolute atomic E-state index is 12.4. The van der Waals surface area contributed by atoms with Crippen molar-refractivity contribution in [2.24, 2.45) is 0 Å². The largest absolute Gasteiger partial charge is 0.494 e. The summed E-state index contributed by atoms with van der Waals surface area (Å²) < 4.78 is 11.2. The van der Waals surface area contributed by atoms with Crippen molar-refractivity contribution in [1.29, 1.82) is 0 Å². The van der Waals surface area contributed by atoms with Gasteiger partial charge in [0.2, 0.25) is 5.91 Å². The van der Waals surface area contributed by atoms with Gasteiger partial charge >= 0.3 is 0 Å². The fraction of sp³-hybridized carbons (Fsp3) is 0.316. The molecule has 0 saturated heterocycles. The lowest BCUT2D eigenvalue weighted by Crippen LogP contribution is -2.42. The van der Waals surface area contributed by atoms with Crippen LogP contribution in [0.15, 0.2) is 42.5 Å². The van der Waals surface area contributed by atoms with Gasteiger partial charge in [-0.2, -0.15) is 0 Å². The Morgan fingerprint density at radius 3 is 2.80 bits per heavy atom. The molecule has 0 aromatic heterocycles. The molecule has 0 saturated carbocycles. The number of hydrogen-bond acceptors (Lipinski definition) is 4. The number of halogens is 1. The molecule has 1 amide bonds. The number of benzene rings is 2. The van der Waals surface area contributed by atoms with Crippen LogP contribution in [0.3, 0.4) is 0 Å². The van der Waals surface area contributed by atoms with Crippen molar-refractivity contribution in [2.75, 3.05) is 30.5 Å². The Hall–Kier alpha value is -2.40. The smallest absolute Gasteiger partial charge is 0.226 e. The first kappa shape index (κ1) is 17.4. The van der Waals surface area contributed by atoms with Crippen molar-refractivity contribution < 1.29 is 14.3 Å². The van der Waals surface area contributed by atoms with Gasteiger partial charge in [-0.1, -0.05) is 11.6 Å². The fourth-order valence-corrected chi connectivity index (χ4v) is 2.97. The first-order valence-electron chi connectivity index (χ1n) is 8.24. The molecule has 2 aromatic rings. The molecular formula is C19H21ClN2O3. The fourth-order valence-electron chi connectivity index (χ4n) is 2.81. The van der Waals surface area contributed by atoms with Crippen molar-refractivity contribution in [3.05, 3.63) is 47.5 Å². The Morgan fingerprint density at radius 1 is 1.32 bits per heavy atom. The minimum atomic E-state index is -0.0601. The van der Waals surface area contributed by atoms with Crippen molar-refractivity contribution >= 4 is 28.9 Å². The van der Waals surface area contributed by atoms with Gasteiger partial charge in [0.25, 0.3) is 0 Å². The van der Waals surface area contributed by atoms with Gasteiger partial charge in [-0.05, 0) is 49.4 Å². The summed E-state index contributed by atoms with van der Waals surface area (Å²) in [4.78, 5) is 14.4. The number of fused-ring (bicyclic) bond motifs is 1. The topological polar surface area (TPSA) is 50.8 Å². The van der Waals surface area contributed by atoms with Gasteiger partial charge in [-0.15, -0.1) is 0 Å². The standard InChI is InChI=1S/C19H21ClN2O3/c1-3-24-16-7-5-14(6-8-16)21-19(23)11-15-12-25-18-9-4-13(20)10-17(18)22(15)2/h4-10,15H,3,11-12H2,1-2H3,(H,21,23)/t15-/m1/s1. The molecule has 6 heteroatoms.